The first-order valence-electron chi connectivity index (χ1n) is 10.3. The highest BCUT2D eigenvalue weighted by atomic mass is 16.2. The highest BCUT2D eigenvalue weighted by Gasteiger charge is 2.39. The van der Waals surface area contributed by atoms with Gasteiger partial charge in [0.2, 0.25) is 5.91 Å². The van der Waals surface area contributed by atoms with E-state index in [9.17, 15) is 9.59 Å². The van der Waals surface area contributed by atoms with Crippen LogP contribution in [-0.2, 0) is 4.79 Å². The Kier molecular flexibility index (Phi) is 5.53. The number of carbonyl (C=O) groups is 2. The molecule has 1 aliphatic heterocycles. The zero-order chi connectivity index (χ0) is 20.4. The Morgan fingerprint density at radius 3 is 2.41 bits per heavy atom. The van der Waals surface area contributed by atoms with Crippen molar-refractivity contribution in [3.63, 3.8) is 0 Å². The van der Waals surface area contributed by atoms with Gasteiger partial charge in [0, 0.05) is 43.3 Å². The van der Waals surface area contributed by atoms with E-state index < -0.39 is 0 Å². The SMILES string of the molecule is CC1CC1C(=O)Nc1cccc(C(=O)Nc2ccccc2N2CCN(C)CC2)c1. The normalized spacial score (nSPS) is 21.5. The van der Waals surface area contributed by atoms with Gasteiger partial charge in [-0.25, -0.2) is 0 Å². The third-order valence-electron chi connectivity index (χ3n) is 5.83. The molecule has 2 aliphatic rings. The molecule has 1 saturated heterocycles. The van der Waals surface area contributed by atoms with E-state index in [1.165, 1.54) is 0 Å². The molecule has 2 amide bonds. The summed E-state index contributed by atoms with van der Waals surface area (Å²) >= 11 is 0. The fourth-order valence-electron chi connectivity index (χ4n) is 3.76. The highest BCUT2D eigenvalue weighted by molar-refractivity contribution is 6.07. The van der Waals surface area contributed by atoms with Crippen LogP contribution in [0.2, 0.25) is 0 Å². The second kappa shape index (κ2) is 8.25. The summed E-state index contributed by atoms with van der Waals surface area (Å²) in [4.78, 5) is 29.7. The third-order valence-corrected chi connectivity index (χ3v) is 5.83. The van der Waals surface area contributed by atoms with Gasteiger partial charge in [-0.3, -0.25) is 9.59 Å². The Balaban J connectivity index is 1.46. The maximum absolute atomic E-state index is 12.9. The van der Waals surface area contributed by atoms with E-state index in [-0.39, 0.29) is 17.7 Å². The number of para-hydroxylation sites is 2. The van der Waals surface area contributed by atoms with Crippen molar-refractivity contribution in [2.24, 2.45) is 11.8 Å². The number of amides is 2. The molecule has 2 aromatic rings. The number of carbonyl (C=O) groups excluding carboxylic acids is 2. The lowest BCUT2D eigenvalue weighted by Crippen LogP contribution is -2.44. The van der Waals surface area contributed by atoms with Crippen molar-refractivity contribution in [3.8, 4) is 0 Å². The van der Waals surface area contributed by atoms with Gasteiger partial charge in [0.15, 0.2) is 0 Å². The summed E-state index contributed by atoms with van der Waals surface area (Å²) in [7, 11) is 2.13. The molecule has 2 fully saturated rings. The van der Waals surface area contributed by atoms with Crippen LogP contribution in [-0.4, -0.2) is 49.9 Å². The van der Waals surface area contributed by atoms with Crippen LogP contribution in [0.15, 0.2) is 48.5 Å². The summed E-state index contributed by atoms with van der Waals surface area (Å²) in [6, 6.07) is 15.0. The summed E-state index contributed by atoms with van der Waals surface area (Å²) in [5, 5.41) is 5.98. The van der Waals surface area contributed by atoms with Crippen molar-refractivity contribution in [2.45, 2.75) is 13.3 Å². The minimum atomic E-state index is -0.178. The average Bonchev–Trinajstić information content (AvgIpc) is 3.46. The first-order valence-corrected chi connectivity index (χ1v) is 10.3. The van der Waals surface area contributed by atoms with Gasteiger partial charge < -0.3 is 20.4 Å². The second-order valence-electron chi connectivity index (χ2n) is 8.15. The molecular formula is C23H28N4O2. The number of benzene rings is 2. The number of nitrogens with one attached hydrogen (secondary N) is 2. The maximum Gasteiger partial charge on any atom is 0.255 e. The zero-order valence-corrected chi connectivity index (χ0v) is 17.0. The fraction of sp³-hybridized carbons (Fsp3) is 0.391. The van der Waals surface area contributed by atoms with Gasteiger partial charge in [-0.05, 0) is 49.7 Å². The number of hydrogen-bond acceptors (Lipinski definition) is 4. The van der Waals surface area contributed by atoms with E-state index in [0.29, 0.717) is 17.2 Å². The van der Waals surface area contributed by atoms with Crippen LogP contribution in [0.4, 0.5) is 17.1 Å². The van der Waals surface area contributed by atoms with Crippen LogP contribution in [0.25, 0.3) is 0 Å². The second-order valence-corrected chi connectivity index (χ2v) is 8.15. The first-order chi connectivity index (χ1) is 14.0. The van der Waals surface area contributed by atoms with Crippen LogP contribution >= 0.6 is 0 Å². The lowest BCUT2D eigenvalue weighted by molar-refractivity contribution is -0.117. The van der Waals surface area contributed by atoms with E-state index in [2.05, 4.69) is 34.4 Å². The number of likely N-dealkylation sites (N-methyl/N-ethyl adjacent to an activating group) is 1. The molecule has 6 heteroatoms. The predicted octanol–water partition coefficient (Wildman–Crippen LogP) is 3.29. The van der Waals surface area contributed by atoms with Gasteiger partial charge in [-0.1, -0.05) is 25.1 Å². The Bertz CT molecular complexity index is 905. The van der Waals surface area contributed by atoms with Gasteiger partial charge in [0.25, 0.3) is 5.91 Å². The Morgan fingerprint density at radius 1 is 0.966 bits per heavy atom. The Morgan fingerprint density at radius 2 is 1.69 bits per heavy atom. The number of nitrogens with zero attached hydrogens (tertiary/aromatic N) is 2. The van der Waals surface area contributed by atoms with Gasteiger partial charge in [0.1, 0.15) is 0 Å². The maximum atomic E-state index is 12.9. The van der Waals surface area contributed by atoms with E-state index in [4.69, 9.17) is 0 Å². The van der Waals surface area contributed by atoms with Gasteiger partial charge in [-0.2, -0.15) is 0 Å². The number of anilines is 3. The first kappa shape index (κ1) is 19.5. The molecule has 4 rings (SSSR count). The molecule has 0 aromatic heterocycles. The summed E-state index contributed by atoms with van der Waals surface area (Å²) in [5.41, 5.74) is 3.04. The van der Waals surface area contributed by atoms with E-state index in [1.807, 2.05) is 30.3 Å². The van der Waals surface area contributed by atoms with Crippen LogP contribution in [0.1, 0.15) is 23.7 Å². The van der Waals surface area contributed by atoms with E-state index >= 15 is 0 Å². The summed E-state index contributed by atoms with van der Waals surface area (Å²) < 4.78 is 0. The lowest BCUT2D eigenvalue weighted by atomic mass is 10.1. The monoisotopic (exact) mass is 392 g/mol. The van der Waals surface area contributed by atoms with Crippen LogP contribution in [0.5, 0.6) is 0 Å². The van der Waals surface area contributed by atoms with Crippen molar-refractivity contribution in [2.75, 3.05) is 48.8 Å². The van der Waals surface area contributed by atoms with Crippen molar-refractivity contribution in [1.82, 2.24) is 4.90 Å². The van der Waals surface area contributed by atoms with Crippen molar-refractivity contribution >= 4 is 28.9 Å². The molecule has 2 unspecified atom stereocenters. The average molecular weight is 393 g/mol. The van der Waals surface area contributed by atoms with E-state index in [1.54, 1.807) is 18.2 Å². The molecule has 2 aromatic carbocycles. The van der Waals surface area contributed by atoms with Crippen LogP contribution in [0, 0.1) is 11.8 Å². The van der Waals surface area contributed by atoms with Crippen molar-refractivity contribution in [1.29, 1.82) is 0 Å². The molecule has 1 heterocycles. The number of hydrogen-bond donors (Lipinski definition) is 2. The molecule has 0 bridgehead atoms. The van der Waals surface area contributed by atoms with Gasteiger partial charge in [0.05, 0.1) is 11.4 Å². The standard InChI is InChI=1S/C23H28N4O2/c1-16-14-19(16)23(29)24-18-7-5-6-17(15-18)22(28)25-20-8-3-4-9-21(20)27-12-10-26(2)11-13-27/h3-9,15-16,19H,10-14H2,1-2H3,(H,24,29)(H,25,28). The highest BCUT2D eigenvalue weighted by Crippen LogP contribution is 2.38. The number of rotatable bonds is 5. The quantitative estimate of drug-likeness (QED) is 0.820. The van der Waals surface area contributed by atoms with Crippen molar-refractivity contribution in [3.05, 3.63) is 54.1 Å². The molecule has 2 N–H and O–H groups in total. The molecule has 1 aliphatic carbocycles. The molecule has 6 nitrogen and oxygen atoms in total. The molecule has 1 saturated carbocycles. The van der Waals surface area contributed by atoms with Crippen molar-refractivity contribution < 1.29 is 9.59 Å². The minimum Gasteiger partial charge on any atom is -0.367 e. The Hall–Kier alpha value is -2.86. The molecule has 29 heavy (non-hydrogen) atoms. The number of piperazine rings is 1. The van der Waals surface area contributed by atoms with Crippen LogP contribution < -0.4 is 15.5 Å². The summed E-state index contributed by atoms with van der Waals surface area (Å²) in [6.07, 6.45) is 0.940. The zero-order valence-electron chi connectivity index (χ0n) is 17.0. The predicted molar refractivity (Wildman–Crippen MR) is 116 cm³/mol. The Labute approximate surface area is 171 Å². The van der Waals surface area contributed by atoms with Gasteiger partial charge in [-0.15, -0.1) is 0 Å². The molecule has 0 radical (unpaired) electrons. The molecular weight excluding hydrogens is 364 g/mol. The lowest BCUT2D eigenvalue weighted by Gasteiger charge is -2.35. The van der Waals surface area contributed by atoms with Gasteiger partial charge >= 0.3 is 0 Å². The molecule has 2 atom stereocenters. The largest absolute Gasteiger partial charge is 0.367 e. The minimum absolute atomic E-state index is 0.0375. The topological polar surface area (TPSA) is 64.7 Å². The summed E-state index contributed by atoms with van der Waals surface area (Å²) in [5.74, 6) is 0.411. The van der Waals surface area contributed by atoms with Crippen LogP contribution in [0.3, 0.4) is 0 Å². The van der Waals surface area contributed by atoms with E-state index in [0.717, 1.165) is 44.0 Å². The molecule has 0 spiro atoms. The molecule has 152 valence electrons. The summed E-state index contributed by atoms with van der Waals surface area (Å²) in [6.45, 7) is 5.95. The smallest absolute Gasteiger partial charge is 0.255 e. The fourth-order valence-corrected chi connectivity index (χ4v) is 3.76. The third kappa shape index (κ3) is 4.59.